The van der Waals surface area contributed by atoms with Gasteiger partial charge >= 0.3 is 5.97 Å². The number of nitrogens with zero attached hydrogens (tertiary/aromatic N) is 1. The second-order valence-electron chi connectivity index (χ2n) is 6.73. The summed E-state index contributed by atoms with van der Waals surface area (Å²) in [7, 11) is 0. The maximum absolute atomic E-state index is 11.9. The van der Waals surface area contributed by atoms with E-state index in [0.29, 0.717) is 12.4 Å². The maximum atomic E-state index is 11.9. The summed E-state index contributed by atoms with van der Waals surface area (Å²) in [4.78, 5) is 15.3. The molecule has 0 radical (unpaired) electrons. The summed E-state index contributed by atoms with van der Waals surface area (Å²) >= 11 is 1.54. The number of thioether (sulfide) groups is 1. The van der Waals surface area contributed by atoms with Crippen LogP contribution in [0.25, 0.3) is 5.57 Å². The summed E-state index contributed by atoms with van der Waals surface area (Å²) < 4.78 is 5.10. The lowest BCUT2D eigenvalue weighted by atomic mass is 9.89. The van der Waals surface area contributed by atoms with E-state index in [1.165, 1.54) is 16.7 Å². The molecule has 1 aliphatic rings. The zero-order chi connectivity index (χ0) is 20.2. The van der Waals surface area contributed by atoms with E-state index in [2.05, 4.69) is 84.6 Å². The van der Waals surface area contributed by atoms with Gasteiger partial charge in [-0.1, -0.05) is 54.6 Å². The number of hydrogen-bond acceptors (Lipinski definition) is 4. The van der Waals surface area contributed by atoms with Gasteiger partial charge in [0.05, 0.1) is 23.7 Å². The zero-order valence-electron chi connectivity index (χ0n) is 16.6. The highest BCUT2D eigenvalue weighted by Crippen LogP contribution is 2.50. The van der Waals surface area contributed by atoms with Crippen molar-refractivity contribution in [2.24, 2.45) is 0 Å². The average Bonchev–Trinajstić information content (AvgIpc) is 2.76. The Labute approximate surface area is 176 Å². The lowest BCUT2D eigenvalue weighted by molar-refractivity contribution is -0.139. The smallest absolute Gasteiger partial charge is 0.316 e. The first kappa shape index (κ1) is 19.3. The van der Waals surface area contributed by atoms with Crippen molar-refractivity contribution in [2.75, 3.05) is 17.3 Å². The number of fused-ring (bicyclic) bond motifs is 2. The van der Waals surface area contributed by atoms with Gasteiger partial charge in [-0.05, 0) is 43.0 Å². The van der Waals surface area contributed by atoms with Crippen molar-refractivity contribution >= 4 is 40.4 Å². The molecule has 0 saturated heterocycles. The van der Waals surface area contributed by atoms with E-state index in [4.69, 9.17) is 4.74 Å². The number of rotatable bonds is 5. The van der Waals surface area contributed by atoms with E-state index in [1.807, 2.05) is 13.0 Å². The van der Waals surface area contributed by atoms with Gasteiger partial charge in [-0.2, -0.15) is 0 Å². The van der Waals surface area contributed by atoms with Crippen molar-refractivity contribution in [2.45, 2.75) is 13.8 Å². The first-order valence-corrected chi connectivity index (χ1v) is 10.7. The lowest BCUT2D eigenvalue weighted by Crippen LogP contribution is -2.18. The molecular formula is C25H23NO2S. The third kappa shape index (κ3) is 3.81. The maximum Gasteiger partial charge on any atom is 0.316 e. The molecule has 0 spiro atoms. The Morgan fingerprint density at radius 2 is 1.41 bits per heavy atom. The van der Waals surface area contributed by atoms with Crippen LogP contribution < -0.4 is 4.90 Å². The molecule has 146 valence electrons. The van der Waals surface area contributed by atoms with Crippen LogP contribution >= 0.6 is 11.8 Å². The number of para-hydroxylation sites is 3. The minimum Gasteiger partial charge on any atom is -0.465 e. The largest absolute Gasteiger partial charge is 0.465 e. The van der Waals surface area contributed by atoms with Crippen molar-refractivity contribution in [3.63, 3.8) is 0 Å². The van der Waals surface area contributed by atoms with Gasteiger partial charge < -0.3 is 9.64 Å². The second-order valence-corrected chi connectivity index (χ2v) is 7.92. The summed E-state index contributed by atoms with van der Waals surface area (Å²) in [6.07, 6.45) is 0. The Hall–Kier alpha value is -2.98. The molecule has 0 atom stereocenters. The number of allylic oxidation sites excluding steroid dienone is 1. The quantitative estimate of drug-likeness (QED) is 0.355. The summed E-state index contributed by atoms with van der Waals surface area (Å²) in [6, 6.07) is 27.3. The van der Waals surface area contributed by atoms with Gasteiger partial charge in [-0.3, -0.25) is 4.79 Å². The van der Waals surface area contributed by atoms with E-state index in [1.54, 1.807) is 11.8 Å². The zero-order valence-corrected chi connectivity index (χ0v) is 17.4. The number of ether oxygens (including phenoxy) is 1. The van der Waals surface area contributed by atoms with Crippen LogP contribution in [-0.2, 0) is 9.53 Å². The molecule has 0 bridgehead atoms. The first-order chi connectivity index (χ1) is 14.2. The number of carbonyl (C=O) groups is 1. The van der Waals surface area contributed by atoms with Crippen LogP contribution in [0.2, 0.25) is 0 Å². The van der Waals surface area contributed by atoms with Gasteiger partial charge in [0.2, 0.25) is 0 Å². The highest BCUT2D eigenvalue weighted by atomic mass is 32.2. The summed E-state index contributed by atoms with van der Waals surface area (Å²) in [5.41, 5.74) is 6.93. The topological polar surface area (TPSA) is 29.5 Å². The second kappa shape index (κ2) is 8.58. The average molecular weight is 402 g/mol. The van der Waals surface area contributed by atoms with Crippen molar-refractivity contribution in [3.05, 3.63) is 94.9 Å². The monoisotopic (exact) mass is 401 g/mol. The fourth-order valence-corrected chi connectivity index (χ4v) is 4.49. The van der Waals surface area contributed by atoms with Gasteiger partial charge in [0, 0.05) is 22.4 Å². The van der Waals surface area contributed by atoms with Crippen molar-refractivity contribution in [1.29, 1.82) is 0 Å². The number of anilines is 3. The lowest BCUT2D eigenvalue weighted by Gasteiger charge is -2.35. The van der Waals surface area contributed by atoms with Crippen molar-refractivity contribution in [3.8, 4) is 0 Å². The molecule has 1 aliphatic heterocycles. The molecule has 1 heterocycles. The van der Waals surface area contributed by atoms with Crippen LogP contribution in [0.1, 0.15) is 25.0 Å². The molecule has 3 nitrogen and oxygen atoms in total. The molecule has 0 aliphatic carbocycles. The minimum absolute atomic E-state index is 0.180. The molecule has 0 saturated carbocycles. The molecule has 29 heavy (non-hydrogen) atoms. The molecule has 0 amide bonds. The van der Waals surface area contributed by atoms with Gasteiger partial charge in [-0.15, -0.1) is 11.8 Å². The Kier molecular flexibility index (Phi) is 5.72. The SMILES string of the molecule is CCOC(=O)CSC(C)=C1c2ccccc2N(c2ccccc2)c2ccccc21. The summed E-state index contributed by atoms with van der Waals surface area (Å²) in [5, 5.41) is 0. The van der Waals surface area contributed by atoms with Gasteiger partial charge in [0.15, 0.2) is 0 Å². The number of hydrogen-bond donors (Lipinski definition) is 0. The van der Waals surface area contributed by atoms with Gasteiger partial charge in [0.25, 0.3) is 0 Å². The van der Waals surface area contributed by atoms with Crippen LogP contribution in [0.15, 0.2) is 83.8 Å². The van der Waals surface area contributed by atoms with Crippen LogP contribution in [0.5, 0.6) is 0 Å². The molecule has 0 unspecified atom stereocenters. The standard InChI is InChI=1S/C25H23NO2S/c1-3-28-24(27)17-29-18(2)25-20-13-7-9-15-22(20)26(19-11-5-4-6-12-19)23-16-10-8-14-21(23)25/h4-16H,3,17H2,1-2H3. The van der Waals surface area contributed by atoms with Crippen LogP contribution in [-0.4, -0.2) is 18.3 Å². The van der Waals surface area contributed by atoms with Crippen molar-refractivity contribution in [1.82, 2.24) is 0 Å². The molecule has 0 fully saturated rings. The van der Waals surface area contributed by atoms with Gasteiger partial charge in [0.1, 0.15) is 0 Å². The predicted octanol–water partition coefficient (Wildman–Crippen LogP) is 6.55. The Morgan fingerprint density at radius 1 is 0.862 bits per heavy atom. The van der Waals surface area contributed by atoms with E-state index in [9.17, 15) is 4.79 Å². The number of carbonyl (C=O) groups excluding carboxylic acids is 1. The molecular weight excluding hydrogens is 378 g/mol. The van der Waals surface area contributed by atoms with Crippen LogP contribution in [0.4, 0.5) is 17.1 Å². The normalized spacial score (nSPS) is 12.2. The molecule has 0 aromatic heterocycles. The molecule has 3 aromatic carbocycles. The molecule has 0 N–H and O–H groups in total. The van der Waals surface area contributed by atoms with E-state index < -0.39 is 0 Å². The van der Waals surface area contributed by atoms with E-state index in [-0.39, 0.29) is 5.97 Å². The first-order valence-electron chi connectivity index (χ1n) is 9.74. The Balaban J connectivity index is 1.85. The molecule has 3 aromatic rings. The number of benzene rings is 3. The summed E-state index contributed by atoms with van der Waals surface area (Å²) in [5.74, 6) is 0.136. The van der Waals surface area contributed by atoms with E-state index >= 15 is 0 Å². The predicted molar refractivity (Wildman–Crippen MR) is 122 cm³/mol. The van der Waals surface area contributed by atoms with Crippen LogP contribution in [0.3, 0.4) is 0 Å². The van der Waals surface area contributed by atoms with Crippen LogP contribution in [0, 0.1) is 0 Å². The third-order valence-electron chi connectivity index (χ3n) is 4.91. The third-order valence-corrected chi connectivity index (χ3v) is 5.92. The molecule has 4 rings (SSSR count). The Bertz CT molecular complexity index is 1010. The fraction of sp³-hybridized carbons (Fsp3) is 0.160. The minimum atomic E-state index is -0.180. The highest BCUT2D eigenvalue weighted by molar-refractivity contribution is 8.03. The van der Waals surface area contributed by atoms with Gasteiger partial charge in [-0.25, -0.2) is 0 Å². The number of esters is 1. The van der Waals surface area contributed by atoms with Crippen molar-refractivity contribution < 1.29 is 9.53 Å². The Morgan fingerprint density at radius 3 is 2.00 bits per heavy atom. The fourth-order valence-electron chi connectivity index (χ4n) is 3.71. The van der Waals surface area contributed by atoms with E-state index in [0.717, 1.165) is 22.0 Å². The summed E-state index contributed by atoms with van der Waals surface area (Å²) in [6.45, 7) is 4.33. The molecule has 4 heteroatoms. The highest BCUT2D eigenvalue weighted by Gasteiger charge is 2.28.